The zero-order valence-electron chi connectivity index (χ0n) is 6.08. The van der Waals surface area contributed by atoms with E-state index in [1.54, 1.807) is 4.57 Å². The maximum atomic E-state index is 11.1. The highest BCUT2D eigenvalue weighted by molar-refractivity contribution is 5.34. The van der Waals surface area contributed by atoms with Crippen LogP contribution in [0.15, 0.2) is 17.1 Å². The molecule has 2 heterocycles. The molecule has 0 radical (unpaired) electrons. The van der Waals surface area contributed by atoms with Crippen LogP contribution in [0.25, 0.3) is 0 Å². The van der Waals surface area contributed by atoms with Gasteiger partial charge < -0.3 is 5.32 Å². The van der Waals surface area contributed by atoms with Crippen molar-refractivity contribution in [1.29, 1.82) is 0 Å². The summed E-state index contributed by atoms with van der Waals surface area (Å²) >= 11 is 0. The predicted molar refractivity (Wildman–Crippen MR) is 41.6 cm³/mol. The molecular formula is C7H9N3O. The lowest BCUT2D eigenvalue weighted by atomic mass is 10.3. The van der Waals surface area contributed by atoms with E-state index in [1.165, 1.54) is 6.20 Å². The third-order valence-electron chi connectivity index (χ3n) is 1.80. The molecule has 0 atom stereocenters. The van der Waals surface area contributed by atoms with Gasteiger partial charge in [-0.2, -0.15) is 0 Å². The van der Waals surface area contributed by atoms with E-state index >= 15 is 0 Å². The molecule has 1 N–H and O–H groups in total. The second-order valence-electron chi connectivity index (χ2n) is 2.54. The van der Waals surface area contributed by atoms with Gasteiger partial charge in [0.05, 0.1) is 0 Å². The van der Waals surface area contributed by atoms with Crippen molar-refractivity contribution in [2.75, 3.05) is 11.9 Å². The molecule has 1 aliphatic heterocycles. The number of nitrogens with one attached hydrogen (secondary N) is 1. The largest absolute Gasteiger partial charge is 0.371 e. The van der Waals surface area contributed by atoms with Crippen molar-refractivity contribution in [3.63, 3.8) is 0 Å². The van der Waals surface area contributed by atoms with Crippen LogP contribution in [0.4, 0.5) is 5.82 Å². The fourth-order valence-corrected chi connectivity index (χ4v) is 1.26. The maximum Gasteiger partial charge on any atom is 0.349 e. The number of fused-ring (bicyclic) bond motifs is 1. The summed E-state index contributed by atoms with van der Waals surface area (Å²) in [7, 11) is 0. The van der Waals surface area contributed by atoms with Gasteiger partial charge in [0.1, 0.15) is 5.82 Å². The fourth-order valence-electron chi connectivity index (χ4n) is 1.26. The monoisotopic (exact) mass is 151 g/mol. The quantitative estimate of drug-likeness (QED) is 0.570. The summed E-state index contributed by atoms with van der Waals surface area (Å²) in [6.45, 7) is 1.73. The van der Waals surface area contributed by atoms with Crippen LogP contribution in [-0.2, 0) is 6.54 Å². The number of aromatic nitrogens is 2. The molecule has 4 nitrogen and oxygen atoms in total. The van der Waals surface area contributed by atoms with Crippen LogP contribution < -0.4 is 11.0 Å². The van der Waals surface area contributed by atoms with E-state index in [4.69, 9.17) is 0 Å². The number of anilines is 1. The summed E-state index contributed by atoms with van der Waals surface area (Å²) in [5.74, 6) is 0.885. The van der Waals surface area contributed by atoms with Gasteiger partial charge in [-0.25, -0.2) is 9.78 Å². The van der Waals surface area contributed by atoms with Gasteiger partial charge in [0.25, 0.3) is 0 Å². The van der Waals surface area contributed by atoms with Crippen LogP contribution in [-0.4, -0.2) is 16.1 Å². The Kier molecular flexibility index (Phi) is 1.38. The number of hydrogen-bond acceptors (Lipinski definition) is 3. The first-order chi connectivity index (χ1) is 5.38. The maximum absolute atomic E-state index is 11.1. The lowest BCUT2D eigenvalue weighted by Crippen LogP contribution is -2.29. The van der Waals surface area contributed by atoms with Crippen molar-refractivity contribution >= 4 is 5.82 Å². The zero-order chi connectivity index (χ0) is 7.68. The van der Waals surface area contributed by atoms with Crippen LogP contribution in [0.1, 0.15) is 6.42 Å². The Morgan fingerprint density at radius 3 is 3.36 bits per heavy atom. The molecule has 0 amide bonds. The third kappa shape index (κ3) is 1.00. The third-order valence-corrected chi connectivity index (χ3v) is 1.80. The first-order valence-electron chi connectivity index (χ1n) is 3.67. The van der Waals surface area contributed by atoms with E-state index in [9.17, 15) is 4.79 Å². The summed E-state index contributed by atoms with van der Waals surface area (Å²) in [5.41, 5.74) is -0.158. The Hall–Kier alpha value is -1.32. The summed E-state index contributed by atoms with van der Waals surface area (Å²) in [5, 5.41) is 3.13. The molecule has 0 bridgehead atoms. The van der Waals surface area contributed by atoms with E-state index in [0.29, 0.717) is 0 Å². The van der Waals surface area contributed by atoms with Crippen molar-refractivity contribution in [1.82, 2.24) is 9.55 Å². The van der Waals surface area contributed by atoms with Gasteiger partial charge in [0.15, 0.2) is 0 Å². The summed E-state index contributed by atoms with van der Waals surface area (Å²) in [6, 6.07) is 1.82. The van der Waals surface area contributed by atoms with Crippen molar-refractivity contribution < 1.29 is 0 Å². The molecule has 58 valence electrons. The zero-order valence-corrected chi connectivity index (χ0v) is 6.08. The molecule has 0 saturated heterocycles. The summed E-state index contributed by atoms with van der Waals surface area (Å²) in [6.07, 6.45) is 2.53. The van der Waals surface area contributed by atoms with Crippen molar-refractivity contribution in [3.8, 4) is 0 Å². The number of nitrogens with zero attached hydrogens (tertiary/aromatic N) is 2. The van der Waals surface area contributed by atoms with E-state index in [0.717, 1.165) is 25.3 Å². The molecule has 0 spiro atoms. The Labute approximate surface area is 63.9 Å². The second kappa shape index (κ2) is 2.38. The highest BCUT2D eigenvalue weighted by Gasteiger charge is 2.07. The molecule has 11 heavy (non-hydrogen) atoms. The van der Waals surface area contributed by atoms with E-state index in [-0.39, 0.29) is 5.69 Å². The molecule has 0 fully saturated rings. The van der Waals surface area contributed by atoms with Crippen molar-refractivity contribution in [2.45, 2.75) is 13.0 Å². The molecule has 1 aromatic rings. The first-order valence-corrected chi connectivity index (χ1v) is 3.67. The van der Waals surface area contributed by atoms with Gasteiger partial charge in [-0.15, -0.1) is 0 Å². The average Bonchev–Trinajstić information content (AvgIpc) is 2.06. The summed E-state index contributed by atoms with van der Waals surface area (Å²) in [4.78, 5) is 14.7. The normalized spacial score (nSPS) is 15.3. The predicted octanol–water partition coefficient (Wildman–Crippen LogP) is 0.0589. The van der Waals surface area contributed by atoms with Gasteiger partial charge in [-0.1, -0.05) is 0 Å². The first kappa shape index (κ1) is 6.39. The fraction of sp³-hybridized carbons (Fsp3) is 0.429. The molecule has 0 aromatic carbocycles. The standard InChI is InChI=1S/C7H9N3O/c11-7-9-4-2-6-8-3-1-5-10(6)7/h2,4,8H,1,3,5H2. The lowest BCUT2D eigenvalue weighted by molar-refractivity contribution is 0.594. The topological polar surface area (TPSA) is 46.9 Å². The van der Waals surface area contributed by atoms with E-state index in [1.807, 2.05) is 6.07 Å². The van der Waals surface area contributed by atoms with Crippen molar-refractivity contribution in [2.24, 2.45) is 0 Å². The Bertz CT molecular complexity index is 318. The van der Waals surface area contributed by atoms with Gasteiger partial charge in [-0.3, -0.25) is 4.57 Å². The molecule has 2 rings (SSSR count). The Morgan fingerprint density at radius 2 is 2.55 bits per heavy atom. The molecule has 0 aliphatic carbocycles. The molecule has 4 heteroatoms. The average molecular weight is 151 g/mol. The Balaban J connectivity index is 2.58. The van der Waals surface area contributed by atoms with E-state index in [2.05, 4.69) is 10.3 Å². The Morgan fingerprint density at radius 1 is 1.64 bits per heavy atom. The van der Waals surface area contributed by atoms with Crippen LogP contribution in [0, 0.1) is 0 Å². The molecule has 0 unspecified atom stereocenters. The van der Waals surface area contributed by atoms with Gasteiger partial charge in [0.2, 0.25) is 0 Å². The second-order valence-corrected chi connectivity index (χ2v) is 2.54. The van der Waals surface area contributed by atoms with Gasteiger partial charge in [0, 0.05) is 19.3 Å². The minimum atomic E-state index is -0.158. The van der Waals surface area contributed by atoms with Crippen LogP contribution in [0.5, 0.6) is 0 Å². The van der Waals surface area contributed by atoms with Gasteiger partial charge in [-0.05, 0) is 12.5 Å². The SMILES string of the molecule is O=c1nccc2n1CCCN2. The van der Waals surface area contributed by atoms with Crippen LogP contribution in [0.2, 0.25) is 0 Å². The molecule has 1 aliphatic rings. The molecule has 0 saturated carbocycles. The van der Waals surface area contributed by atoms with Crippen LogP contribution >= 0.6 is 0 Å². The molecular weight excluding hydrogens is 142 g/mol. The highest BCUT2D eigenvalue weighted by atomic mass is 16.1. The smallest absolute Gasteiger partial charge is 0.349 e. The van der Waals surface area contributed by atoms with Crippen molar-refractivity contribution in [3.05, 3.63) is 22.7 Å². The highest BCUT2D eigenvalue weighted by Crippen LogP contribution is 2.07. The van der Waals surface area contributed by atoms with Crippen LogP contribution in [0.3, 0.4) is 0 Å². The molecule has 1 aromatic heterocycles. The minimum Gasteiger partial charge on any atom is -0.371 e. The number of rotatable bonds is 0. The minimum absolute atomic E-state index is 0.158. The summed E-state index contributed by atoms with van der Waals surface area (Å²) < 4.78 is 1.66. The van der Waals surface area contributed by atoms with E-state index < -0.39 is 0 Å². The van der Waals surface area contributed by atoms with Gasteiger partial charge >= 0.3 is 5.69 Å². The number of hydrogen-bond donors (Lipinski definition) is 1. The lowest BCUT2D eigenvalue weighted by Gasteiger charge is -2.18.